The molecule has 0 aliphatic carbocycles. The second kappa shape index (κ2) is 51.7. The quantitative estimate of drug-likeness (QED) is 0.0159. The third-order valence-corrected chi connectivity index (χ3v) is 21.2. The molecule has 0 unspecified atom stereocenters. The number of phosphoric acid groups is 2. The number of rotatable bonds is 58. The summed E-state index contributed by atoms with van der Waals surface area (Å²) in [6.45, 7) is 2.31. The van der Waals surface area contributed by atoms with Crippen LogP contribution in [-0.4, -0.2) is 270 Å². The molecule has 0 radical (unpaired) electrons. The van der Waals surface area contributed by atoms with E-state index in [4.69, 9.17) is 51.7 Å². The fourth-order valence-electron chi connectivity index (χ4n) is 14.1. The zero-order valence-electron chi connectivity index (χ0n) is 65.0. The molecule has 0 saturated carbocycles. The van der Waals surface area contributed by atoms with E-state index in [2.05, 4.69) is 17.6 Å². The number of hydrogen-bond donors (Lipinski definition) is 14. The van der Waals surface area contributed by atoms with E-state index in [9.17, 15) is 129 Å². The first-order valence-electron chi connectivity index (χ1n) is 39.8. The van der Waals surface area contributed by atoms with E-state index >= 15 is 0 Å². The minimum Gasteiger partial charge on any atom is -0.790 e. The topological polar surface area (TPSA) is 643 Å². The average Bonchev–Trinajstić information content (AvgIpc) is 0.598. The molecule has 39 nitrogen and oxygen atoms in total. The molecule has 4 rings (SSSR count). The van der Waals surface area contributed by atoms with Gasteiger partial charge in [-0.3, -0.25) is 19.2 Å². The second-order valence-electron chi connectivity index (χ2n) is 29.9. The Morgan fingerprint density at radius 2 is 0.841 bits per heavy atom. The molecule has 2 amide bonds. The molecule has 113 heavy (non-hydrogen) atoms. The molecule has 4 aliphatic heterocycles. The van der Waals surface area contributed by atoms with E-state index in [1.807, 2.05) is 20.8 Å². The van der Waals surface area contributed by atoms with Crippen LogP contribution in [0.1, 0.15) is 246 Å². The number of aliphatic hydroxyl groups excluding tert-OH is 12. The van der Waals surface area contributed by atoms with Crippen molar-refractivity contribution in [1.29, 1.82) is 0 Å². The number of carbonyl (C=O) groups excluding carboxylic acids is 6. The Morgan fingerprint density at radius 1 is 0.460 bits per heavy atom. The summed E-state index contributed by atoms with van der Waals surface area (Å²) in [5.41, 5.74) is 0. The summed E-state index contributed by atoms with van der Waals surface area (Å²) in [5, 5.41) is 163. The third kappa shape index (κ3) is 35.2. The lowest BCUT2D eigenvalue weighted by Crippen LogP contribution is -2.71. The zero-order chi connectivity index (χ0) is 84.2. The summed E-state index contributed by atoms with van der Waals surface area (Å²) in [6.07, 6.45) is -32.3. The van der Waals surface area contributed by atoms with Gasteiger partial charge in [-0.25, -0.2) is 0 Å². The Morgan fingerprint density at radius 3 is 1.26 bits per heavy atom. The highest BCUT2D eigenvalue weighted by molar-refractivity contribution is 7.43. The van der Waals surface area contributed by atoms with Crippen molar-refractivity contribution in [3.8, 4) is 0 Å². The summed E-state index contributed by atoms with van der Waals surface area (Å²) in [6, 6.07) is -4.53. The second-order valence-corrected chi connectivity index (χ2v) is 32.1. The Labute approximate surface area is 658 Å². The van der Waals surface area contributed by atoms with Gasteiger partial charge in [0.2, 0.25) is 23.4 Å². The molecule has 4 aliphatic rings. The molecule has 14 N–H and O–H groups in total. The van der Waals surface area contributed by atoms with Crippen LogP contribution in [0.15, 0.2) is 0 Å². The van der Waals surface area contributed by atoms with Crippen LogP contribution in [-0.2, 0) is 89.6 Å². The van der Waals surface area contributed by atoms with E-state index in [1.54, 1.807) is 0 Å². The van der Waals surface area contributed by atoms with E-state index in [0.717, 1.165) is 103 Å². The standard InChI is InChI=1S/C72H130N2O37P2/c1-5-9-13-17-19-23-27-29-43(77)33-53(84)73-57-65(105-55(86)35-45(79)31-25-21-15-11-7-3)61(90)51(103-68(57)111-113(98,99)100)41-101-67-58(74-54(85)34-44(78)30-28-24-20-18-14-10-6-2)66(106-56(87)36-46(80)32-26-22-16-12-8-4)64(110-112(95,96)97)52(104-67)42-102-71(69(91)92)38-50(60(89)63(108-71)49(83)40-76)107-72(70(93)94)37-47(81)59(88)62(109-72)48(82)39-75/h43-52,57-68,75-83,88-90H,5-42H2,1-4H3,(H,73,84)(H,74,85)(H,91,92)(H,93,94)(H2,95,96,97)(H2,98,99,100)/p-6/t43-,44-,45-,46-,47-,48-,49-,50-,51-,52-,57-,58-,59-,60-,61-,62-,63-,64-,65-,66-,67-,68-,71-,72-/m1/s1. The Hall–Kier alpha value is -3.72. The van der Waals surface area contributed by atoms with Gasteiger partial charge in [-0.2, -0.15) is 0 Å². The van der Waals surface area contributed by atoms with Crippen molar-refractivity contribution in [3.05, 3.63) is 0 Å². The predicted octanol–water partition coefficient (Wildman–Crippen LogP) is -3.67. The number of ether oxygens (including phenoxy) is 9. The number of nitrogens with one attached hydrogen (secondary N) is 2. The SMILES string of the molecule is CCCCCCCCC[C@@H](O)CC(=O)N[C@H]1[C@H](OC[C@H]2O[C@H](OP(=O)([O-])[O-])[C@H](NC(=O)C[C@H](O)CCCCCCCCC)[C@@H](OC(=O)C[C@H](O)CCCCCCC)[C@@H]2O)O[C@H](CO[C@]2(C(=O)[O-])C[C@@H](O[C@]3(C(=O)[O-])C[C@@H](O)[C@@H](O)[C@@H]([C@H](O)CO)O3)[C@@H](O)[C@@H]([C@H](O)CO)O2)[C@@H](OP(=O)([O-])[O-])[C@@H]1OC(=O)C[C@H](O)CCCCCCC. The molecule has 41 heteroatoms. The predicted molar refractivity (Wildman–Crippen MR) is 378 cm³/mol. The van der Waals surface area contributed by atoms with Crippen LogP contribution in [0.25, 0.3) is 0 Å². The van der Waals surface area contributed by atoms with E-state index < -0.39 is 262 Å². The molecule has 0 spiro atoms. The number of amides is 2. The Bertz CT molecular complexity index is 2870. The minimum atomic E-state index is -6.61. The van der Waals surface area contributed by atoms with Gasteiger partial charge in [0.25, 0.3) is 0 Å². The van der Waals surface area contributed by atoms with Crippen molar-refractivity contribution in [2.24, 2.45) is 0 Å². The minimum absolute atomic E-state index is 0.00355. The number of hydrogen-bond acceptors (Lipinski definition) is 37. The molecule has 4 heterocycles. The van der Waals surface area contributed by atoms with Crippen molar-refractivity contribution >= 4 is 51.3 Å². The number of esters is 2. The van der Waals surface area contributed by atoms with Crippen LogP contribution in [0, 0.1) is 0 Å². The van der Waals surface area contributed by atoms with Gasteiger partial charge in [0.15, 0.2) is 24.8 Å². The van der Waals surface area contributed by atoms with Crippen LogP contribution in [0.2, 0.25) is 0 Å². The van der Waals surface area contributed by atoms with E-state index in [1.165, 1.54) is 0 Å². The van der Waals surface area contributed by atoms with Crippen LogP contribution < -0.4 is 40.4 Å². The summed E-state index contributed by atoms with van der Waals surface area (Å²) in [7, 11) is -13.0. The van der Waals surface area contributed by atoms with Crippen LogP contribution in [0.3, 0.4) is 0 Å². The van der Waals surface area contributed by atoms with Crippen molar-refractivity contribution in [2.45, 2.75) is 392 Å². The summed E-state index contributed by atoms with van der Waals surface area (Å²) >= 11 is 0. The number of carboxylic acid groups (broad SMARTS) is 2. The van der Waals surface area contributed by atoms with Crippen LogP contribution in [0.5, 0.6) is 0 Å². The lowest BCUT2D eigenvalue weighted by atomic mass is 9.90. The fraction of sp³-hybridized carbons (Fsp3) is 0.917. The molecule has 4 saturated heterocycles. The highest BCUT2D eigenvalue weighted by Gasteiger charge is 2.59. The van der Waals surface area contributed by atoms with Gasteiger partial charge in [0.05, 0.1) is 104 Å². The fourth-order valence-corrected chi connectivity index (χ4v) is 15.1. The highest BCUT2D eigenvalue weighted by Crippen LogP contribution is 2.43. The van der Waals surface area contributed by atoms with Gasteiger partial charge >= 0.3 is 11.9 Å². The smallest absolute Gasteiger partial charge is 0.308 e. The number of carbonyl (C=O) groups is 6. The number of phosphoric ester groups is 2. The number of carboxylic acids is 2. The van der Waals surface area contributed by atoms with Crippen molar-refractivity contribution < 1.29 is 181 Å². The molecular formula is C72H124N2O37P2-6. The molecule has 4 fully saturated rings. The number of aliphatic hydroxyl groups is 12. The van der Waals surface area contributed by atoms with Gasteiger partial charge in [0, 0.05) is 12.8 Å². The monoisotopic (exact) mass is 1670 g/mol. The van der Waals surface area contributed by atoms with Gasteiger partial charge in [-0.1, -0.05) is 182 Å². The average molecular weight is 1670 g/mol. The lowest BCUT2D eigenvalue weighted by Gasteiger charge is -2.53. The van der Waals surface area contributed by atoms with Crippen molar-refractivity contribution in [3.63, 3.8) is 0 Å². The Balaban J connectivity index is 1.96. The molecule has 660 valence electrons. The molecule has 24 atom stereocenters. The number of unbranched alkanes of at least 4 members (excludes halogenated alkanes) is 20. The molecular weight excluding hydrogens is 1550 g/mol. The van der Waals surface area contributed by atoms with Gasteiger partial charge in [-0.05, 0) is 25.7 Å². The van der Waals surface area contributed by atoms with Crippen LogP contribution in [0.4, 0.5) is 0 Å². The Kier molecular flexibility index (Phi) is 46.5. The maximum absolute atomic E-state index is 14.5. The van der Waals surface area contributed by atoms with E-state index in [0.29, 0.717) is 51.4 Å². The first kappa shape index (κ1) is 102. The third-order valence-electron chi connectivity index (χ3n) is 20.3. The molecule has 0 aromatic rings. The first-order valence-corrected chi connectivity index (χ1v) is 42.8. The van der Waals surface area contributed by atoms with Crippen molar-refractivity contribution in [2.75, 3.05) is 26.4 Å². The highest BCUT2D eigenvalue weighted by atomic mass is 31.2. The first-order chi connectivity index (χ1) is 53.4. The zero-order valence-corrected chi connectivity index (χ0v) is 66.8. The largest absolute Gasteiger partial charge is 0.790 e. The summed E-state index contributed by atoms with van der Waals surface area (Å²) in [5.74, 6) is -17.2. The van der Waals surface area contributed by atoms with Gasteiger partial charge in [0.1, 0.15) is 85.1 Å². The number of aliphatic carboxylic acids is 2. The molecule has 0 aromatic carbocycles. The maximum Gasteiger partial charge on any atom is 0.308 e. The van der Waals surface area contributed by atoms with Gasteiger partial charge < -0.3 is 172 Å². The molecule has 0 aromatic heterocycles. The van der Waals surface area contributed by atoms with Crippen LogP contribution >= 0.6 is 15.6 Å². The summed E-state index contributed by atoms with van der Waals surface area (Å²) < 4.78 is 88.0. The van der Waals surface area contributed by atoms with Crippen molar-refractivity contribution in [1.82, 2.24) is 10.6 Å². The maximum atomic E-state index is 14.5. The summed E-state index contributed by atoms with van der Waals surface area (Å²) in [4.78, 5) is 135. The molecule has 0 bridgehead atoms. The van der Waals surface area contributed by atoms with Gasteiger partial charge in [-0.15, -0.1) is 0 Å². The lowest BCUT2D eigenvalue weighted by molar-refractivity contribution is -0.420. The normalized spacial score (nSPS) is 30.0. The van der Waals surface area contributed by atoms with E-state index in [-0.39, 0.29) is 25.7 Å².